The van der Waals surface area contributed by atoms with Crippen LogP contribution < -0.4 is 5.32 Å². The molecule has 0 saturated heterocycles. The standard InChI is InChI=1S/C16H23N3O2S/c1-7-11-17-12(10-8-9-22-13(10)18-11)19-16(4,5)15(2,3)14(20)21-6/h8-9H,7H2,1-6H3,(H,17,18,19). The third-order valence-corrected chi connectivity index (χ3v) is 5.18. The first-order valence-electron chi connectivity index (χ1n) is 7.33. The SMILES string of the molecule is CCc1nc(NC(C)(C)C(C)(C)C(=O)OC)c2ccsc2n1. The quantitative estimate of drug-likeness (QED) is 0.852. The lowest BCUT2D eigenvalue weighted by atomic mass is 9.74. The Balaban J connectivity index is 2.45. The van der Waals surface area contributed by atoms with E-state index in [-0.39, 0.29) is 5.97 Å². The average molecular weight is 321 g/mol. The van der Waals surface area contributed by atoms with Gasteiger partial charge in [-0.3, -0.25) is 4.79 Å². The molecule has 6 heteroatoms. The zero-order chi connectivity index (χ0) is 16.5. The van der Waals surface area contributed by atoms with Crippen molar-refractivity contribution < 1.29 is 9.53 Å². The second kappa shape index (κ2) is 5.83. The van der Waals surface area contributed by atoms with Crippen LogP contribution in [0.2, 0.25) is 0 Å². The zero-order valence-corrected chi connectivity index (χ0v) is 14.8. The van der Waals surface area contributed by atoms with Crippen molar-refractivity contribution in [2.24, 2.45) is 5.41 Å². The Morgan fingerprint density at radius 2 is 2.00 bits per heavy atom. The second-order valence-electron chi connectivity index (χ2n) is 6.35. The highest BCUT2D eigenvalue weighted by Gasteiger charge is 2.44. The van der Waals surface area contributed by atoms with Gasteiger partial charge in [-0.25, -0.2) is 9.97 Å². The number of fused-ring (bicyclic) bond motifs is 1. The summed E-state index contributed by atoms with van der Waals surface area (Å²) < 4.78 is 4.95. The van der Waals surface area contributed by atoms with Crippen LogP contribution in [-0.4, -0.2) is 28.6 Å². The summed E-state index contributed by atoms with van der Waals surface area (Å²) in [5.41, 5.74) is -1.24. The highest BCUT2D eigenvalue weighted by atomic mass is 32.1. The highest BCUT2D eigenvalue weighted by molar-refractivity contribution is 7.16. The van der Waals surface area contributed by atoms with E-state index < -0.39 is 11.0 Å². The maximum Gasteiger partial charge on any atom is 0.313 e. The minimum absolute atomic E-state index is 0.253. The maximum atomic E-state index is 12.1. The number of rotatable bonds is 5. The molecule has 22 heavy (non-hydrogen) atoms. The maximum absolute atomic E-state index is 12.1. The minimum atomic E-state index is -0.707. The fraction of sp³-hybridized carbons (Fsp3) is 0.562. The first-order chi connectivity index (χ1) is 10.2. The highest BCUT2D eigenvalue weighted by Crippen LogP contribution is 2.36. The van der Waals surface area contributed by atoms with E-state index in [1.807, 2.05) is 46.1 Å². The number of hydrogen-bond acceptors (Lipinski definition) is 6. The van der Waals surface area contributed by atoms with Crippen molar-refractivity contribution >= 4 is 33.3 Å². The molecule has 2 heterocycles. The summed E-state index contributed by atoms with van der Waals surface area (Å²) in [4.78, 5) is 22.2. The molecule has 0 fully saturated rings. The van der Waals surface area contributed by atoms with Crippen LogP contribution in [0.5, 0.6) is 0 Å². The molecule has 5 nitrogen and oxygen atoms in total. The Bertz CT molecular complexity index is 692. The van der Waals surface area contributed by atoms with E-state index in [9.17, 15) is 4.79 Å². The second-order valence-corrected chi connectivity index (χ2v) is 7.24. The number of nitrogens with zero attached hydrogens (tertiary/aromatic N) is 2. The van der Waals surface area contributed by atoms with E-state index in [1.165, 1.54) is 7.11 Å². The molecule has 0 aliphatic rings. The van der Waals surface area contributed by atoms with Crippen molar-refractivity contribution in [3.05, 3.63) is 17.3 Å². The number of thiophene rings is 1. The van der Waals surface area contributed by atoms with E-state index in [2.05, 4.69) is 15.3 Å². The number of hydrogen-bond donors (Lipinski definition) is 1. The molecular weight excluding hydrogens is 298 g/mol. The number of carbonyl (C=O) groups is 1. The van der Waals surface area contributed by atoms with Crippen LogP contribution in [0.4, 0.5) is 5.82 Å². The topological polar surface area (TPSA) is 64.1 Å². The third kappa shape index (κ3) is 2.79. The average Bonchev–Trinajstić information content (AvgIpc) is 2.94. The summed E-state index contributed by atoms with van der Waals surface area (Å²) in [5.74, 6) is 1.31. The summed E-state index contributed by atoms with van der Waals surface area (Å²) in [6, 6.07) is 2.00. The molecule has 2 aromatic rings. The van der Waals surface area contributed by atoms with Crippen molar-refractivity contribution in [3.63, 3.8) is 0 Å². The van der Waals surface area contributed by atoms with E-state index in [0.717, 1.165) is 28.3 Å². The molecule has 120 valence electrons. The molecule has 0 saturated carbocycles. The smallest absolute Gasteiger partial charge is 0.313 e. The molecule has 0 unspecified atom stereocenters. The van der Waals surface area contributed by atoms with Crippen LogP contribution in [-0.2, 0) is 16.0 Å². The third-order valence-electron chi connectivity index (χ3n) is 4.38. The number of ether oxygens (including phenoxy) is 1. The lowest BCUT2D eigenvalue weighted by molar-refractivity contribution is -0.153. The van der Waals surface area contributed by atoms with Crippen molar-refractivity contribution in [3.8, 4) is 0 Å². The van der Waals surface area contributed by atoms with Crippen LogP contribution in [0.3, 0.4) is 0 Å². The summed E-state index contributed by atoms with van der Waals surface area (Å²) in [5, 5.41) is 6.42. The number of aryl methyl sites for hydroxylation is 1. The first-order valence-corrected chi connectivity index (χ1v) is 8.21. The van der Waals surface area contributed by atoms with Gasteiger partial charge in [-0.1, -0.05) is 6.92 Å². The molecule has 0 aliphatic heterocycles. The molecule has 2 rings (SSSR count). The molecule has 2 aromatic heterocycles. The van der Waals surface area contributed by atoms with Gasteiger partial charge in [0.05, 0.1) is 17.9 Å². The first kappa shape index (κ1) is 16.7. The number of aromatic nitrogens is 2. The van der Waals surface area contributed by atoms with Crippen molar-refractivity contribution in [2.75, 3.05) is 12.4 Å². The van der Waals surface area contributed by atoms with E-state index in [4.69, 9.17) is 4.74 Å². The number of anilines is 1. The van der Waals surface area contributed by atoms with E-state index >= 15 is 0 Å². The summed E-state index contributed by atoms with van der Waals surface area (Å²) in [6.45, 7) is 9.74. The van der Waals surface area contributed by atoms with Gasteiger partial charge in [0.2, 0.25) is 0 Å². The normalized spacial score (nSPS) is 12.5. The minimum Gasteiger partial charge on any atom is -0.469 e. The van der Waals surface area contributed by atoms with Gasteiger partial charge in [0.25, 0.3) is 0 Å². The molecule has 0 aliphatic carbocycles. The van der Waals surface area contributed by atoms with Gasteiger partial charge in [-0.05, 0) is 39.1 Å². The molecule has 0 aromatic carbocycles. The molecule has 0 spiro atoms. The van der Waals surface area contributed by atoms with Crippen molar-refractivity contribution in [1.29, 1.82) is 0 Å². The van der Waals surface area contributed by atoms with E-state index in [0.29, 0.717) is 0 Å². The Labute approximate surface area is 135 Å². The van der Waals surface area contributed by atoms with Gasteiger partial charge < -0.3 is 10.1 Å². The van der Waals surface area contributed by atoms with Gasteiger partial charge >= 0.3 is 5.97 Å². The van der Waals surface area contributed by atoms with Gasteiger partial charge in [0.1, 0.15) is 16.5 Å². The number of esters is 1. The summed E-state index contributed by atoms with van der Waals surface area (Å²) in [7, 11) is 1.41. The van der Waals surface area contributed by atoms with E-state index in [1.54, 1.807) is 11.3 Å². The van der Waals surface area contributed by atoms with Gasteiger partial charge in [-0.15, -0.1) is 11.3 Å². The van der Waals surface area contributed by atoms with Crippen molar-refractivity contribution in [2.45, 2.75) is 46.6 Å². The van der Waals surface area contributed by atoms with Crippen LogP contribution in [0.25, 0.3) is 10.2 Å². The van der Waals surface area contributed by atoms with Crippen LogP contribution >= 0.6 is 11.3 Å². The Morgan fingerprint density at radius 1 is 1.32 bits per heavy atom. The van der Waals surface area contributed by atoms with Crippen molar-refractivity contribution in [1.82, 2.24) is 9.97 Å². The molecule has 0 amide bonds. The zero-order valence-electron chi connectivity index (χ0n) is 14.0. The lowest BCUT2D eigenvalue weighted by Crippen LogP contribution is -2.51. The van der Waals surface area contributed by atoms with Crippen LogP contribution in [0.15, 0.2) is 11.4 Å². The Morgan fingerprint density at radius 3 is 2.59 bits per heavy atom. The molecule has 1 N–H and O–H groups in total. The number of carbonyl (C=O) groups excluding carboxylic acids is 1. The van der Waals surface area contributed by atoms with Gasteiger partial charge in [0.15, 0.2) is 0 Å². The largest absolute Gasteiger partial charge is 0.469 e. The Kier molecular flexibility index (Phi) is 4.42. The van der Waals surface area contributed by atoms with Gasteiger partial charge in [0, 0.05) is 12.0 Å². The number of nitrogens with one attached hydrogen (secondary N) is 1. The predicted octanol–water partition coefficient (Wildman–Crippen LogP) is 3.64. The van der Waals surface area contributed by atoms with Crippen LogP contribution in [0.1, 0.15) is 40.4 Å². The molecule has 0 radical (unpaired) electrons. The molecule has 0 bridgehead atoms. The summed E-state index contributed by atoms with van der Waals surface area (Å²) >= 11 is 1.59. The lowest BCUT2D eigenvalue weighted by Gasteiger charge is -2.40. The summed E-state index contributed by atoms with van der Waals surface area (Å²) in [6.07, 6.45) is 0.767. The molecule has 0 atom stereocenters. The fourth-order valence-corrected chi connectivity index (χ4v) is 2.90. The Hall–Kier alpha value is -1.69. The van der Waals surface area contributed by atoms with Gasteiger partial charge in [-0.2, -0.15) is 0 Å². The number of methoxy groups -OCH3 is 1. The fourth-order valence-electron chi connectivity index (χ4n) is 2.12. The monoisotopic (exact) mass is 321 g/mol. The predicted molar refractivity (Wildman–Crippen MR) is 90.3 cm³/mol. The van der Waals surface area contributed by atoms with Crippen LogP contribution in [0, 0.1) is 5.41 Å². The molecular formula is C16H23N3O2S.